The van der Waals surface area contributed by atoms with Crippen molar-refractivity contribution in [2.75, 3.05) is 26.4 Å². The summed E-state index contributed by atoms with van der Waals surface area (Å²) < 4.78 is 96.5. The van der Waals surface area contributed by atoms with Crippen molar-refractivity contribution in [1.29, 1.82) is 0 Å². The van der Waals surface area contributed by atoms with Crippen LogP contribution in [0.4, 0.5) is 0 Å². The average molecular weight is 1480 g/mol. The lowest BCUT2D eigenvalue weighted by Crippen LogP contribution is -2.66. The van der Waals surface area contributed by atoms with E-state index in [1.807, 2.05) is 105 Å². The number of azide groups is 3. The van der Waals surface area contributed by atoms with Crippen molar-refractivity contribution in [3.63, 3.8) is 0 Å². The number of nitrogens with zero attached hydrogens (tertiary/aromatic N) is 9. The second kappa shape index (κ2) is 44.5. The van der Waals surface area contributed by atoms with Gasteiger partial charge in [-0.25, -0.2) is 0 Å². The first-order valence-corrected chi connectivity index (χ1v) is 33.9. The Bertz CT molecular complexity index is 3330. The summed E-state index contributed by atoms with van der Waals surface area (Å²) in [7, 11) is 0. The molecule has 6 aliphatic rings. The van der Waals surface area contributed by atoms with Gasteiger partial charge in [-0.15, -0.1) is 12.3 Å². The molecule has 0 aliphatic carbocycles. The van der Waals surface area contributed by atoms with Crippen molar-refractivity contribution in [2.45, 2.75) is 241 Å². The van der Waals surface area contributed by atoms with Crippen LogP contribution in [0.25, 0.3) is 31.3 Å². The van der Waals surface area contributed by atoms with E-state index < -0.39 is 197 Å². The molecule has 3 aromatic rings. The molecule has 36 nitrogen and oxygen atoms in total. The zero-order chi connectivity index (χ0) is 76.7. The van der Waals surface area contributed by atoms with Gasteiger partial charge in [0.25, 0.3) is 0 Å². The quantitative estimate of drug-likeness (QED) is 0.0184. The molecule has 9 rings (SSSR count). The van der Waals surface area contributed by atoms with Gasteiger partial charge < -0.3 is 102 Å². The number of benzene rings is 3. The number of ether oxygens (including phenoxy) is 15. The van der Waals surface area contributed by atoms with E-state index in [9.17, 15) is 47.2 Å². The zero-order valence-corrected chi connectivity index (χ0v) is 58.7. The molecule has 0 spiro atoms. The van der Waals surface area contributed by atoms with Crippen LogP contribution in [0.2, 0.25) is 0 Å². The minimum absolute atomic E-state index is 0.0310. The van der Waals surface area contributed by atoms with Gasteiger partial charge in [0.05, 0.1) is 107 Å². The maximum Gasteiger partial charge on any atom is 0.373 e. The van der Waals surface area contributed by atoms with Crippen molar-refractivity contribution in [1.82, 2.24) is 0 Å². The van der Waals surface area contributed by atoms with Gasteiger partial charge in [0.2, 0.25) is 0 Å². The molecule has 12 unspecified atom stereocenters. The molecule has 105 heavy (non-hydrogen) atoms. The summed E-state index contributed by atoms with van der Waals surface area (Å²) >= 11 is 0. The number of rotatable bonds is 29. The molecule has 574 valence electrons. The number of hydrogen-bond acceptors (Lipinski definition) is 30. The van der Waals surface area contributed by atoms with Crippen LogP contribution in [0.5, 0.6) is 0 Å². The summed E-state index contributed by atoms with van der Waals surface area (Å²) in [6, 6.07) is 24.5. The fourth-order valence-corrected chi connectivity index (χ4v) is 13.3. The molecule has 0 amide bonds. The van der Waals surface area contributed by atoms with E-state index in [1.165, 1.54) is 0 Å². The van der Waals surface area contributed by atoms with Gasteiger partial charge in [-0.3, -0.25) is 0 Å². The van der Waals surface area contributed by atoms with Crippen LogP contribution in [0.1, 0.15) is 78.0 Å². The second-order valence-electron chi connectivity index (χ2n) is 25.5. The summed E-state index contributed by atoms with van der Waals surface area (Å²) in [5.74, 6) is 0.00507. The molecule has 6 heterocycles. The Hall–Kier alpha value is -7.55. The largest absolute Gasteiger partial charge is 0.394 e. The van der Waals surface area contributed by atoms with Gasteiger partial charge in [0.1, 0.15) is 61.0 Å². The maximum atomic E-state index is 12.5. The van der Waals surface area contributed by atoms with Crippen molar-refractivity contribution < 1.29 is 130 Å². The minimum Gasteiger partial charge on any atom is -0.394 e. The molecular weight excluding hydrogens is 1390 g/mol. The highest BCUT2D eigenvalue weighted by molar-refractivity contribution is 5.21. The Morgan fingerprint density at radius 3 is 1.02 bits per heavy atom. The van der Waals surface area contributed by atoms with E-state index in [1.54, 1.807) is 34.6 Å². The summed E-state index contributed by atoms with van der Waals surface area (Å²) in [5, 5.41) is 81.6. The number of aliphatic hydroxyl groups is 6. The standard InChI is InChI=1S/C66H91N9O21.3CO2/c1-9-10-20-27-82-61-47(70-73-67)35(3)53(44(28-76)89-61)93-65-51(80)59(84-32-42-23-16-12-17-24-42)57(39(7)87-65)96-63-49(72-75-69)37(5)55(46(30-78)91-63)94-66-52(81)60(85-33-43-25-18-13-19-26-43)58(40(8)88-66)95-62-48(71-74-68)36(4)54(45(29-77)90-62)92-64-50(79)56(34(2)38(6)86-64)83-31-41-21-14-11-15-22-41;3*2-1-3/h1,11-19,21-26,34-40,44-66,76-81H,10,20,27-33H2,2-8H3;;;/t34-,35-,36-,37-,38?,39?,40?,44?,45?,46?,47?,48?,49?,50?,51?,52?,53+,54+,55+,56-,57-,58-,59+,60+,61-,62+,63+,64+,65+,66+;;;/m1.../s1. The van der Waals surface area contributed by atoms with Gasteiger partial charge in [0.15, 0.2) is 37.7 Å². The molecule has 3 aromatic carbocycles. The van der Waals surface area contributed by atoms with Gasteiger partial charge in [-0.2, -0.15) is 28.8 Å². The van der Waals surface area contributed by atoms with Gasteiger partial charge in [-0.05, 0) is 78.2 Å². The monoisotopic (exact) mass is 1480 g/mol. The Labute approximate surface area is 604 Å². The summed E-state index contributed by atoms with van der Waals surface area (Å²) in [4.78, 5) is 58.1. The van der Waals surface area contributed by atoms with Crippen molar-refractivity contribution >= 4 is 18.5 Å². The number of terminal acetylenes is 1. The highest BCUT2D eigenvalue weighted by Crippen LogP contribution is 2.42. The van der Waals surface area contributed by atoms with E-state index in [4.69, 9.17) is 106 Å². The average Bonchev–Trinajstić information content (AvgIpc) is 0.774. The predicted molar refractivity (Wildman–Crippen MR) is 352 cm³/mol. The Morgan fingerprint density at radius 2 is 0.695 bits per heavy atom. The first-order chi connectivity index (χ1) is 50.7. The number of carbonyl (C=O) groups excluding carboxylic acids is 6. The molecule has 0 saturated carbocycles. The minimum atomic E-state index is -1.68. The SMILES string of the molecule is C#CCCCO[C@@H]1OC(CO)[C@@H](O[C@@H]2OC(C)[C@@H](O[C@@H]3OC(CO)[C@@H](O[C@@H]4OC(C)[C@@H](O[C@@H]5OC(CO)[C@@H](O[C@@H]6OC(C)[C@@H](C)[C@@H](OCc7ccccc7)C6O)[C@H](C)C5N=[N+]=[N-])[C@@H](OCc5ccccc5)C4O)[C@H](C)C3N=[N+]=[N-])[C@@H](OCc3ccccc3)C2O)[C@H](C)C1N=[N+]=[N-].O=C=O.O=C=O.O=C=O. The van der Waals surface area contributed by atoms with Gasteiger partial charge in [-0.1, -0.05) is 134 Å². The first-order valence-electron chi connectivity index (χ1n) is 33.9. The third-order valence-corrected chi connectivity index (χ3v) is 18.9. The highest BCUT2D eigenvalue weighted by Gasteiger charge is 2.57. The molecule has 30 atom stereocenters. The summed E-state index contributed by atoms with van der Waals surface area (Å²) in [6.45, 7) is 10.7. The third kappa shape index (κ3) is 23.2. The van der Waals surface area contributed by atoms with Crippen molar-refractivity contribution in [3.05, 3.63) is 139 Å². The Balaban J connectivity index is 0.00000183. The fraction of sp³-hybridized carbons (Fsp3) is 0.667. The van der Waals surface area contributed by atoms with Crippen LogP contribution in [-0.2, 0) is 120 Å². The molecule has 0 bridgehead atoms. The van der Waals surface area contributed by atoms with Crippen LogP contribution in [0.15, 0.2) is 106 Å². The van der Waals surface area contributed by atoms with Gasteiger partial charge >= 0.3 is 18.5 Å². The number of aliphatic hydroxyl groups excluding tert-OH is 6. The molecule has 6 saturated heterocycles. The van der Waals surface area contributed by atoms with E-state index in [-0.39, 0.29) is 50.8 Å². The highest BCUT2D eigenvalue weighted by atomic mass is 16.8. The third-order valence-electron chi connectivity index (χ3n) is 18.9. The number of hydrogen-bond donors (Lipinski definition) is 6. The Kier molecular flexibility index (Phi) is 36.6. The molecule has 0 aromatic heterocycles. The number of unbranched alkanes of at least 4 members (excludes halogenated alkanes) is 1. The van der Waals surface area contributed by atoms with Crippen LogP contribution in [-0.4, -0.2) is 235 Å². The smallest absolute Gasteiger partial charge is 0.373 e. The molecule has 36 heteroatoms. The van der Waals surface area contributed by atoms with Crippen LogP contribution >= 0.6 is 0 Å². The molecule has 6 aliphatic heterocycles. The lowest BCUT2D eigenvalue weighted by atomic mass is 9.87. The topological polar surface area (TPSA) is 509 Å². The molecule has 6 fully saturated rings. The maximum absolute atomic E-state index is 12.5. The summed E-state index contributed by atoms with van der Waals surface area (Å²) in [6.07, 6.45) is -20.4. The van der Waals surface area contributed by atoms with E-state index >= 15 is 0 Å². The first kappa shape index (κ1) is 86.4. The lowest BCUT2D eigenvalue weighted by molar-refractivity contribution is -0.378. The van der Waals surface area contributed by atoms with Crippen LogP contribution < -0.4 is 0 Å². The van der Waals surface area contributed by atoms with E-state index in [0.29, 0.717) is 12.8 Å². The van der Waals surface area contributed by atoms with Crippen molar-refractivity contribution in [2.24, 2.45) is 39.0 Å². The second-order valence-corrected chi connectivity index (χ2v) is 25.5. The zero-order valence-electron chi connectivity index (χ0n) is 58.7. The fourth-order valence-electron chi connectivity index (χ4n) is 13.3. The molecule has 0 radical (unpaired) electrons. The lowest BCUT2D eigenvalue weighted by Gasteiger charge is -2.51. The van der Waals surface area contributed by atoms with E-state index in [2.05, 4.69) is 36.0 Å². The Morgan fingerprint density at radius 1 is 0.400 bits per heavy atom. The molecule has 6 N–H and O–H groups in total. The van der Waals surface area contributed by atoms with Crippen molar-refractivity contribution in [3.8, 4) is 12.3 Å². The predicted octanol–water partition coefficient (Wildman–Crippen LogP) is 4.40. The van der Waals surface area contributed by atoms with Crippen LogP contribution in [0.3, 0.4) is 0 Å². The normalized spacial score (nSPS) is 37.0. The van der Waals surface area contributed by atoms with Crippen LogP contribution in [0, 0.1) is 36.0 Å². The van der Waals surface area contributed by atoms with Gasteiger partial charge in [0, 0.05) is 27.1 Å². The van der Waals surface area contributed by atoms with E-state index in [0.717, 1.165) is 16.7 Å². The summed E-state index contributed by atoms with van der Waals surface area (Å²) in [5.41, 5.74) is 32.1. The molecular formula is C69H91N9O27.